The van der Waals surface area contributed by atoms with Gasteiger partial charge in [0.05, 0.1) is 0 Å². The van der Waals surface area contributed by atoms with Gasteiger partial charge in [-0.1, -0.05) is 13.0 Å². The molecule has 0 aliphatic rings. The van der Waals surface area contributed by atoms with E-state index in [0.29, 0.717) is 18.7 Å². The fourth-order valence-corrected chi connectivity index (χ4v) is 1.90. The Hall–Kier alpha value is -1.84. The number of carbonyl (C=O) groups is 1. The molecule has 0 unspecified atom stereocenters. The number of unbranched alkanes of at least 4 members (excludes halogenated alkanes) is 1. The van der Waals surface area contributed by atoms with Crippen LogP contribution in [0.1, 0.15) is 37.6 Å². The molecule has 1 aromatic carbocycles. The van der Waals surface area contributed by atoms with Crippen LogP contribution in [0.15, 0.2) is 22.6 Å². The largest absolute Gasteiger partial charge is 0.481 e. The molecule has 18 heavy (non-hydrogen) atoms. The van der Waals surface area contributed by atoms with Crippen LogP contribution in [0, 0.1) is 0 Å². The number of fused-ring (bicyclic) bond motifs is 1. The summed E-state index contributed by atoms with van der Waals surface area (Å²) < 4.78 is 5.62. The number of aliphatic carboxylic acids is 1. The summed E-state index contributed by atoms with van der Waals surface area (Å²) in [5.74, 6) is -0.0520. The summed E-state index contributed by atoms with van der Waals surface area (Å²) in [5.41, 5.74) is 2.94. The Balaban J connectivity index is 1.99. The maximum Gasteiger partial charge on any atom is 0.303 e. The molecule has 4 heteroatoms. The van der Waals surface area contributed by atoms with E-state index < -0.39 is 5.97 Å². The van der Waals surface area contributed by atoms with Crippen molar-refractivity contribution in [3.8, 4) is 0 Å². The number of nitrogens with zero attached hydrogens (tertiary/aromatic N) is 1. The van der Waals surface area contributed by atoms with Gasteiger partial charge in [0, 0.05) is 12.8 Å². The fourth-order valence-electron chi connectivity index (χ4n) is 1.90. The molecule has 2 rings (SSSR count). The van der Waals surface area contributed by atoms with Gasteiger partial charge < -0.3 is 9.52 Å². The first-order chi connectivity index (χ1) is 8.69. The number of hydrogen-bond donors (Lipinski definition) is 1. The number of oxazole rings is 1. The second-order valence-corrected chi connectivity index (χ2v) is 4.36. The minimum absolute atomic E-state index is 0.209. The van der Waals surface area contributed by atoms with Crippen molar-refractivity contribution in [1.29, 1.82) is 0 Å². The summed E-state index contributed by atoms with van der Waals surface area (Å²) in [7, 11) is 0. The van der Waals surface area contributed by atoms with Crippen LogP contribution in [-0.2, 0) is 17.6 Å². The number of rotatable bonds is 6. The lowest BCUT2D eigenvalue weighted by atomic mass is 10.1. The van der Waals surface area contributed by atoms with Gasteiger partial charge in [0.1, 0.15) is 5.52 Å². The van der Waals surface area contributed by atoms with Gasteiger partial charge in [-0.05, 0) is 37.0 Å². The Bertz CT molecular complexity index is 545. The van der Waals surface area contributed by atoms with Crippen LogP contribution in [0.3, 0.4) is 0 Å². The Morgan fingerprint density at radius 1 is 1.39 bits per heavy atom. The van der Waals surface area contributed by atoms with E-state index in [9.17, 15) is 4.79 Å². The number of carboxylic acids is 1. The third kappa shape index (κ3) is 3.09. The Labute approximate surface area is 106 Å². The monoisotopic (exact) mass is 247 g/mol. The quantitative estimate of drug-likeness (QED) is 0.796. The molecule has 0 amide bonds. The van der Waals surface area contributed by atoms with Crippen molar-refractivity contribution in [2.24, 2.45) is 0 Å². The van der Waals surface area contributed by atoms with E-state index in [1.807, 2.05) is 18.2 Å². The lowest BCUT2D eigenvalue weighted by Gasteiger charge is -1.93. The first-order valence-electron chi connectivity index (χ1n) is 6.29. The maximum atomic E-state index is 10.4. The lowest BCUT2D eigenvalue weighted by Crippen LogP contribution is -1.94. The predicted molar refractivity (Wildman–Crippen MR) is 68.6 cm³/mol. The molecule has 0 fully saturated rings. The van der Waals surface area contributed by atoms with Crippen LogP contribution >= 0.6 is 0 Å². The zero-order valence-corrected chi connectivity index (χ0v) is 10.5. The van der Waals surface area contributed by atoms with Crippen molar-refractivity contribution in [3.63, 3.8) is 0 Å². The molecule has 96 valence electrons. The standard InChI is InChI=1S/C14H17NO3/c1-2-10-7-8-12-11(9-10)15-13(18-12)5-3-4-6-14(16)17/h7-9H,2-6H2,1H3,(H,16,17). The highest BCUT2D eigenvalue weighted by Gasteiger charge is 2.06. The first-order valence-corrected chi connectivity index (χ1v) is 6.29. The second kappa shape index (κ2) is 5.67. The molecule has 2 aromatic rings. The van der Waals surface area contributed by atoms with Crippen molar-refractivity contribution in [3.05, 3.63) is 29.7 Å². The molecular formula is C14H17NO3. The average molecular weight is 247 g/mol. The number of aromatic nitrogens is 1. The first kappa shape index (κ1) is 12.6. The maximum absolute atomic E-state index is 10.4. The normalized spacial score (nSPS) is 10.9. The molecule has 1 N–H and O–H groups in total. The fraction of sp³-hybridized carbons (Fsp3) is 0.429. The van der Waals surface area contributed by atoms with E-state index in [1.54, 1.807) is 0 Å². The van der Waals surface area contributed by atoms with E-state index in [2.05, 4.69) is 11.9 Å². The third-order valence-electron chi connectivity index (χ3n) is 2.94. The number of carboxylic acid groups (broad SMARTS) is 1. The topological polar surface area (TPSA) is 63.3 Å². The molecule has 0 radical (unpaired) electrons. The van der Waals surface area contributed by atoms with Crippen LogP contribution in [0.25, 0.3) is 11.1 Å². The number of benzene rings is 1. The summed E-state index contributed by atoms with van der Waals surface area (Å²) in [6.07, 6.45) is 3.34. The summed E-state index contributed by atoms with van der Waals surface area (Å²) in [6, 6.07) is 6.03. The summed E-state index contributed by atoms with van der Waals surface area (Å²) in [6.45, 7) is 2.11. The molecule has 1 heterocycles. The average Bonchev–Trinajstić information content (AvgIpc) is 2.75. The van der Waals surface area contributed by atoms with E-state index >= 15 is 0 Å². The summed E-state index contributed by atoms with van der Waals surface area (Å²) in [4.78, 5) is 14.8. The van der Waals surface area contributed by atoms with E-state index in [-0.39, 0.29) is 6.42 Å². The minimum atomic E-state index is -0.750. The van der Waals surface area contributed by atoms with Gasteiger partial charge in [-0.25, -0.2) is 4.98 Å². The third-order valence-corrected chi connectivity index (χ3v) is 2.94. The highest BCUT2D eigenvalue weighted by molar-refractivity contribution is 5.73. The van der Waals surface area contributed by atoms with Crippen LogP contribution in [0.2, 0.25) is 0 Å². The minimum Gasteiger partial charge on any atom is -0.481 e. The van der Waals surface area contributed by atoms with Gasteiger partial charge in [-0.2, -0.15) is 0 Å². The Morgan fingerprint density at radius 2 is 2.22 bits per heavy atom. The van der Waals surface area contributed by atoms with Gasteiger partial charge in [-0.15, -0.1) is 0 Å². The summed E-state index contributed by atoms with van der Waals surface area (Å²) >= 11 is 0. The highest BCUT2D eigenvalue weighted by atomic mass is 16.4. The number of hydrogen-bond acceptors (Lipinski definition) is 3. The summed E-state index contributed by atoms with van der Waals surface area (Å²) in [5, 5.41) is 8.54. The smallest absolute Gasteiger partial charge is 0.303 e. The van der Waals surface area contributed by atoms with Gasteiger partial charge in [0.25, 0.3) is 0 Å². The van der Waals surface area contributed by atoms with Gasteiger partial charge >= 0.3 is 5.97 Å². The van der Waals surface area contributed by atoms with Crippen molar-refractivity contribution in [1.82, 2.24) is 4.98 Å². The SMILES string of the molecule is CCc1ccc2oc(CCCCC(=O)O)nc2c1. The molecule has 0 saturated carbocycles. The zero-order chi connectivity index (χ0) is 13.0. The molecular weight excluding hydrogens is 230 g/mol. The molecule has 0 atom stereocenters. The molecule has 4 nitrogen and oxygen atoms in total. The molecule has 0 spiro atoms. The molecule has 0 aliphatic carbocycles. The van der Waals surface area contributed by atoms with Crippen LogP contribution < -0.4 is 0 Å². The predicted octanol–water partition coefficient (Wildman–Crippen LogP) is 3.19. The molecule has 1 aromatic heterocycles. The second-order valence-electron chi connectivity index (χ2n) is 4.36. The van der Waals surface area contributed by atoms with Crippen LogP contribution in [0.5, 0.6) is 0 Å². The zero-order valence-electron chi connectivity index (χ0n) is 10.5. The van der Waals surface area contributed by atoms with Gasteiger partial charge in [-0.3, -0.25) is 4.79 Å². The van der Waals surface area contributed by atoms with Crippen molar-refractivity contribution >= 4 is 17.1 Å². The van der Waals surface area contributed by atoms with Crippen LogP contribution in [-0.4, -0.2) is 16.1 Å². The van der Waals surface area contributed by atoms with E-state index in [1.165, 1.54) is 5.56 Å². The molecule has 0 aliphatic heterocycles. The van der Waals surface area contributed by atoms with Gasteiger partial charge in [0.15, 0.2) is 11.5 Å². The van der Waals surface area contributed by atoms with Crippen molar-refractivity contribution < 1.29 is 14.3 Å². The Morgan fingerprint density at radius 3 is 2.94 bits per heavy atom. The lowest BCUT2D eigenvalue weighted by molar-refractivity contribution is -0.137. The van der Waals surface area contributed by atoms with E-state index in [4.69, 9.17) is 9.52 Å². The van der Waals surface area contributed by atoms with Crippen molar-refractivity contribution in [2.45, 2.75) is 39.0 Å². The molecule has 0 bridgehead atoms. The van der Waals surface area contributed by atoms with Gasteiger partial charge in [0.2, 0.25) is 0 Å². The van der Waals surface area contributed by atoms with E-state index in [0.717, 1.165) is 23.9 Å². The van der Waals surface area contributed by atoms with Crippen molar-refractivity contribution in [2.75, 3.05) is 0 Å². The van der Waals surface area contributed by atoms with Crippen LogP contribution in [0.4, 0.5) is 0 Å². The Kier molecular flexibility index (Phi) is 3.97. The molecule has 0 saturated heterocycles. The highest BCUT2D eigenvalue weighted by Crippen LogP contribution is 2.18. The number of aryl methyl sites for hydroxylation is 2.